The first-order valence-electron chi connectivity index (χ1n) is 11.0. The highest BCUT2D eigenvalue weighted by atomic mass is 16.6. The van der Waals surface area contributed by atoms with Crippen LogP contribution in [0.3, 0.4) is 0 Å². The maximum absolute atomic E-state index is 13.4. The molecule has 30 heavy (non-hydrogen) atoms. The second-order valence-corrected chi connectivity index (χ2v) is 8.73. The summed E-state index contributed by atoms with van der Waals surface area (Å²) in [5, 5.41) is 2.59. The summed E-state index contributed by atoms with van der Waals surface area (Å²) in [6, 6.07) is 21.6. The largest absolute Gasteiger partial charge is 0.486 e. The molecule has 2 fully saturated rings. The second kappa shape index (κ2) is 7.05. The molecule has 3 atom stereocenters. The predicted octanol–water partition coefficient (Wildman–Crippen LogP) is 5.16. The van der Waals surface area contributed by atoms with E-state index in [0.29, 0.717) is 42.5 Å². The Morgan fingerprint density at radius 2 is 1.53 bits per heavy atom. The van der Waals surface area contributed by atoms with E-state index in [0.717, 1.165) is 31.4 Å². The van der Waals surface area contributed by atoms with E-state index < -0.39 is 0 Å². The van der Waals surface area contributed by atoms with Crippen LogP contribution in [-0.4, -0.2) is 36.1 Å². The van der Waals surface area contributed by atoms with Crippen LogP contribution in [0.4, 0.5) is 0 Å². The van der Waals surface area contributed by atoms with Crippen LogP contribution < -0.4 is 9.47 Å². The first-order valence-corrected chi connectivity index (χ1v) is 11.0. The Kier molecular flexibility index (Phi) is 4.19. The summed E-state index contributed by atoms with van der Waals surface area (Å²) in [6.07, 6.45) is 4.30. The molecule has 0 aliphatic carbocycles. The van der Waals surface area contributed by atoms with Gasteiger partial charge in [0.1, 0.15) is 13.2 Å². The summed E-state index contributed by atoms with van der Waals surface area (Å²) in [4.78, 5) is 15.5. The fourth-order valence-electron chi connectivity index (χ4n) is 5.57. The van der Waals surface area contributed by atoms with Crippen molar-refractivity contribution in [1.29, 1.82) is 0 Å². The minimum absolute atomic E-state index is 0.136. The quantitative estimate of drug-likeness (QED) is 0.597. The third-order valence-corrected chi connectivity index (χ3v) is 7.00. The number of fused-ring (bicyclic) bond motifs is 4. The summed E-state index contributed by atoms with van der Waals surface area (Å²) in [6.45, 7) is 1.10. The molecule has 0 unspecified atom stereocenters. The number of amides is 1. The van der Waals surface area contributed by atoms with Gasteiger partial charge in [0.25, 0.3) is 5.91 Å². The SMILES string of the molecule is O=C(c1ccc2c(c1)OCCO2)N1[C@@H]2CC[C@H]1C[C@@H](c1ccc3ccccc3c1)C2. The standard InChI is InChI=1S/C26H25NO3/c28-26(20-7-10-24-25(16-20)30-12-11-29-24)27-22-8-9-23(27)15-21(14-22)19-6-5-17-3-1-2-4-18(17)13-19/h1-7,10,13,16,21-23H,8-9,11-12,14-15H2/t21-,22+,23-. The minimum Gasteiger partial charge on any atom is -0.486 e. The molecule has 6 rings (SSSR count). The molecule has 3 aromatic rings. The van der Waals surface area contributed by atoms with Gasteiger partial charge in [0.15, 0.2) is 11.5 Å². The molecule has 3 aliphatic rings. The molecule has 2 saturated heterocycles. The number of rotatable bonds is 2. The Hall–Kier alpha value is -3.01. The number of nitrogens with zero attached hydrogens (tertiary/aromatic N) is 1. The van der Waals surface area contributed by atoms with Crippen LogP contribution in [0, 0.1) is 0 Å². The average Bonchev–Trinajstić information content (AvgIpc) is 3.06. The third-order valence-electron chi connectivity index (χ3n) is 7.00. The number of hydrogen-bond acceptors (Lipinski definition) is 3. The van der Waals surface area contributed by atoms with E-state index in [-0.39, 0.29) is 5.91 Å². The van der Waals surface area contributed by atoms with Crippen LogP contribution in [0.5, 0.6) is 11.5 Å². The molecule has 4 heteroatoms. The van der Waals surface area contributed by atoms with Crippen molar-refractivity contribution in [3.8, 4) is 11.5 Å². The number of benzene rings is 3. The van der Waals surface area contributed by atoms with Gasteiger partial charge >= 0.3 is 0 Å². The van der Waals surface area contributed by atoms with E-state index in [1.165, 1.54) is 16.3 Å². The van der Waals surface area contributed by atoms with Gasteiger partial charge in [-0.05, 0) is 66.1 Å². The first-order chi connectivity index (χ1) is 14.8. The molecule has 4 nitrogen and oxygen atoms in total. The van der Waals surface area contributed by atoms with Gasteiger partial charge in [-0.15, -0.1) is 0 Å². The Morgan fingerprint density at radius 3 is 2.33 bits per heavy atom. The molecule has 3 heterocycles. The van der Waals surface area contributed by atoms with Crippen LogP contribution >= 0.6 is 0 Å². The third kappa shape index (κ3) is 2.94. The summed E-state index contributed by atoms with van der Waals surface area (Å²) < 4.78 is 11.3. The summed E-state index contributed by atoms with van der Waals surface area (Å²) in [5.74, 6) is 2.08. The van der Waals surface area contributed by atoms with Gasteiger partial charge in [-0.3, -0.25) is 4.79 Å². The van der Waals surface area contributed by atoms with E-state index in [2.05, 4.69) is 47.4 Å². The molecule has 3 aromatic carbocycles. The lowest BCUT2D eigenvalue weighted by Gasteiger charge is -2.39. The van der Waals surface area contributed by atoms with Gasteiger partial charge in [-0.2, -0.15) is 0 Å². The molecule has 2 bridgehead atoms. The highest BCUT2D eigenvalue weighted by molar-refractivity contribution is 5.95. The second-order valence-electron chi connectivity index (χ2n) is 8.73. The van der Waals surface area contributed by atoms with E-state index >= 15 is 0 Å². The molecular formula is C26H25NO3. The number of hydrogen-bond donors (Lipinski definition) is 0. The predicted molar refractivity (Wildman–Crippen MR) is 116 cm³/mol. The monoisotopic (exact) mass is 399 g/mol. The molecule has 3 aliphatic heterocycles. The van der Waals surface area contributed by atoms with Gasteiger partial charge in [-0.1, -0.05) is 42.5 Å². The van der Waals surface area contributed by atoms with Crippen molar-refractivity contribution in [2.75, 3.05) is 13.2 Å². The molecule has 1 amide bonds. The number of piperidine rings is 1. The van der Waals surface area contributed by atoms with E-state index in [1.807, 2.05) is 18.2 Å². The van der Waals surface area contributed by atoms with Gasteiger partial charge in [0.05, 0.1) is 0 Å². The number of carbonyl (C=O) groups is 1. The molecule has 0 radical (unpaired) electrons. The summed E-state index contributed by atoms with van der Waals surface area (Å²) in [7, 11) is 0. The zero-order valence-corrected chi connectivity index (χ0v) is 16.9. The van der Waals surface area contributed by atoms with Gasteiger partial charge in [0, 0.05) is 17.6 Å². The van der Waals surface area contributed by atoms with Crippen molar-refractivity contribution in [1.82, 2.24) is 4.90 Å². The average molecular weight is 399 g/mol. The minimum atomic E-state index is 0.136. The lowest BCUT2D eigenvalue weighted by Crippen LogP contribution is -2.46. The van der Waals surface area contributed by atoms with Crippen molar-refractivity contribution < 1.29 is 14.3 Å². The van der Waals surface area contributed by atoms with Gasteiger partial charge < -0.3 is 14.4 Å². The van der Waals surface area contributed by atoms with Crippen molar-refractivity contribution in [2.24, 2.45) is 0 Å². The molecule has 0 N–H and O–H groups in total. The highest BCUT2D eigenvalue weighted by Gasteiger charge is 2.43. The van der Waals surface area contributed by atoms with E-state index in [1.54, 1.807) is 0 Å². The van der Waals surface area contributed by atoms with Crippen molar-refractivity contribution >= 4 is 16.7 Å². The lowest BCUT2D eigenvalue weighted by molar-refractivity contribution is 0.0570. The normalized spacial score (nSPS) is 24.8. The zero-order valence-electron chi connectivity index (χ0n) is 16.9. The first kappa shape index (κ1) is 17.8. The Morgan fingerprint density at radius 1 is 0.800 bits per heavy atom. The lowest BCUT2D eigenvalue weighted by atomic mass is 9.84. The molecule has 152 valence electrons. The van der Waals surface area contributed by atoms with E-state index in [9.17, 15) is 4.79 Å². The maximum atomic E-state index is 13.4. The molecule has 0 aromatic heterocycles. The Bertz CT molecular complexity index is 1110. The molecule has 0 saturated carbocycles. The fourth-order valence-corrected chi connectivity index (χ4v) is 5.57. The fraction of sp³-hybridized carbons (Fsp3) is 0.346. The highest BCUT2D eigenvalue weighted by Crippen LogP contribution is 2.44. The van der Waals surface area contributed by atoms with Gasteiger partial charge in [-0.25, -0.2) is 0 Å². The van der Waals surface area contributed by atoms with Crippen molar-refractivity contribution in [2.45, 2.75) is 43.7 Å². The van der Waals surface area contributed by atoms with Crippen molar-refractivity contribution in [3.63, 3.8) is 0 Å². The number of carbonyl (C=O) groups excluding carboxylic acids is 1. The van der Waals surface area contributed by atoms with Gasteiger partial charge in [0.2, 0.25) is 0 Å². The number of ether oxygens (including phenoxy) is 2. The van der Waals surface area contributed by atoms with Crippen molar-refractivity contribution in [3.05, 3.63) is 71.8 Å². The Balaban J connectivity index is 1.24. The van der Waals surface area contributed by atoms with E-state index in [4.69, 9.17) is 9.47 Å². The zero-order chi connectivity index (χ0) is 20.1. The smallest absolute Gasteiger partial charge is 0.254 e. The van der Waals surface area contributed by atoms with Crippen LogP contribution in [-0.2, 0) is 0 Å². The Labute approximate surface area is 176 Å². The summed E-state index contributed by atoms with van der Waals surface area (Å²) in [5.41, 5.74) is 2.12. The summed E-state index contributed by atoms with van der Waals surface area (Å²) >= 11 is 0. The molecule has 0 spiro atoms. The van der Waals surface area contributed by atoms with Crippen LogP contribution in [0.25, 0.3) is 10.8 Å². The maximum Gasteiger partial charge on any atom is 0.254 e. The van der Waals surface area contributed by atoms with Crippen LogP contribution in [0.15, 0.2) is 60.7 Å². The van der Waals surface area contributed by atoms with Crippen LogP contribution in [0.2, 0.25) is 0 Å². The molecular weight excluding hydrogens is 374 g/mol. The topological polar surface area (TPSA) is 38.8 Å². The van der Waals surface area contributed by atoms with Crippen LogP contribution in [0.1, 0.15) is 47.5 Å².